The molecule has 0 radical (unpaired) electrons. The average Bonchev–Trinajstić information content (AvgIpc) is 2.42. The largest absolute Gasteiger partial charge is 0.306 e. The van der Waals surface area contributed by atoms with Crippen LogP contribution in [-0.2, 0) is 4.79 Å². The van der Waals surface area contributed by atoms with Gasteiger partial charge >= 0.3 is 0 Å². The molecule has 1 amide bonds. The third-order valence-corrected chi connectivity index (χ3v) is 2.78. The van der Waals surface area contributed by atoms with Gasteiger partial charge in [-0.25, -0.2) is 14.2 Å². The minimum absolute atomic E-state index is 0.158. The molecule has 0 aromatic heterocycles. The zero-order valence-electron chi connectivity index (χ0n) is 10.2. The summed E-state index contributed by atoms with van der Waals surface area (Å²) in [7, 11) is 0. The molecule has 0 saturated carbocycles. The number of hydrogen-bond acceptors (Lipinski definition) is 3. The topological polar surface area (TPSA) is 58.5 Å². The number of nitrogens with one attached hydrogen (secondary N) is 1. The van der Waals surface area contributed by atoms with Gasteiger partial charge in [0.2, 0.25) is 0 Å². The average molecular weight is 258 g/mol. The zero-order chi connectivity index (χ0) is 13.8. The lowest BCUT2D eigenvalue weighted by Gasteiger charge is -2.12. The number of aliphatic imine (C=N–C) groups is 1. The Hall–Kier alpha value is -2.52. The Balaban J connectivity index is 2.27. The Labute approximate surface area is 109 Å². The molecule has 1 aliphatic rings. The van der Waals surface area contributed by atoms with Crippen molar-refractivity contribution in [2.45, 2.75) is 13.3 Å². The lowest BCUT2D eigenvalue weighted by atomic mass is 10.1. The molecule has 2 rings (SSSR count). The summed E-state index contributed by atoms with van der Waals surface area (Å²) < 4.78 is 13.4. The summed E-state index contributed by atoms with van der Waals surface area (Å²) in [6.07, 6.45) is 3.54. The van der Waals surface area contributed by atoms with Crippen LogP contribution in [0.25, 0.3) is 0 Å². The van der Waals surface area contributed by atoms with Crippen LogP contribution in [0.3, 0.4) is 0 Å². The lowest BCUT2D eigenvalue weighted by molar-refractivity contribution is 0.0976. The summed E-state index contributed by atoms with van der Waals surface area (Å²) in [5, 5.41) is 2.50. The van der Waals surface area contributed by atoms with Gasteiger partial charge in [-0.2, -0.15) is 0 Å². The molecule has 0 unspecified atom stereocenters. The number of rotatable bonds is 1. The third-order valence-electron chi connectivity index (χ3n) is 2.78. The van der Waals surface area contributed by atoms with Crippen molar-refractivity contribution in [2.24, 2.45) is 4.99 Å². The summed E-state index contributed by atoms with van der Waals surface area (Å²) in [4.78, 5) is 26.7. The van der Waals surface area contributed by atoms with Gasteiger partial charge in [0.1, 0.15) is 17.6 Å². The Morgan fingerprint density at radius 3 is 3.00 bits per heavy atom. The van der Waals surface area contributed by atoms with E-state index in [0.717, 1.165) is 0 Å². The van der Waals surface area contributed by atoms with E-state index >= 15 is 0 Å². The Bertz CT molecular complexity index is 641. The van der Waals surface area contributed by atoms with E-state index in [1.54, 1.807) is 12.0 Å². The number of nitrogens with zero attached hydrogens (tertiary/aromatic N) is 1. The van der Waals surface area contributed by atoms with Gasteiger partial charge in [-0.1, -0.05) is 12.1 Å². The van der Waals surface area contributed by atoms with Crippen molar-refractivity contribution in [3.05, 3.63) is 53.0 Å². The number of allylic oxidation sites excluding steroid dienone is 1. The number of halogens is 1. The first-order valence-corrected chi connectivity index (χ1v) is 5.67. The van der Waals surface area contributed by atoms with Crippen molar-refractivity contribution in [1.29, 1.82) is 0 Å². The van der Waals surface area contributed by atoms with Gasteiger partial charge in [0.15, 0.2) is 0 Å². The van der Waals surface area contributed by atoms with Crippen LogP contribution in [0, 0.1) is 12.7 Å². The molecule has 4 nitrogen and oxygen atoms in total. The number of hydrogen-bond donors (Lipinski definition) is 1. The van der Waals surface area contributed by atoms with E-state index in [0.29, 0.717) is 6.42 Å². The zero-order valence-corrected chi connectivity index (χ0v) is 10.2. The Morgan fingerprint density at radius 1 is 1.47 bits per heavy atom. The number of amides is 1. The number of amidine groups is 1. The molecule has 1 aliphatic heterocycles. The molecule has 1 aromatic rings. The highest BCUT2D eigenvalue weighted by atomic mass is 19.1. The predicted molar refractivity (Wildman–Crippen MR) is 69.0 cm³/mol. The third kappa shape index (κ3) is 2.67. The second-order valence-corrected chi connectivity index (χ2v) is 4.01. The van der Waals surface area contributed by atoms with E-state index in [1.165, 1.54) is 31.3 Å². The quantitative estimate of drug-likeness (QED) is 0.782. The van der Waals surface area contributed by atoms with Crippen molar-refractivity contribution in [3.8, 4) is 0 Å². The van der Waals surface area contributed by atoms with Crippen LogP contribution >= 0.6 is 0 Å². The number of carbonyl (C=O) groups excluding carboxylic acids is 2. The molecule has 1 heterocycles. The van der Waals surface area contributed by atoms with Gasteiger partial charge in [0.05, 0.1) is 5.57 Å². The minimum Gasteiger partial charge on any atom is -0.306 e. The van der Waals surface area contributed by atoms with E-state index < -0.39 is 11.7 Å². The highest BCUT2D eigenvalue weighted by Crippen LogP contribution is 2.13. The monoisotopic (exact) mass is 258 g/mol. The number of carbonyl (C=O) groups is 1. The van der Waals surface area contributed by atoms with Crippen molar-refractivity contribution < 1.29 is 14.0 Å². The number of benzene rings is 1. The molecule has 0 saturated heterocycles. The molecule has 19 heavy (non-hydrogen) atoms. The molecule has 1 aromatic carbocycles. The van der Waals surface area contributed by atoms with Crippen LogP contribution in [0.5, 0.6) is 0 Å². The van der Waals surface area contributed by atoms with Crippen molar-refractivity contribution in [2.75, 3.05) is 0 Å². The summed E-state index contributed by atoms with van der Waals surface area (Å²) >= 11 is 0. The maximum Gasteiger partial charge on any atom is 0.257 e. The Kier molecular flexibility index (Phi) is 3.68. The summed E-state index contributed by atoms with van der Waals surface area (Å²) in [6.45, 7) is 1.52. The molecule has 0 atom stereocenters. The van der Waals surface area contributed by atoms with Crippen LogP contribution < -0.4 is 5.32 Å². The fraction of sp³-hybridized carbons (Fsp3) is 0.143. The highest BCUT2D eigenvalue weighted by molar-refractivity contribution is 6.16. The fourth-order valence-corrected chi connectivity index (χ4v) is 1.70. The first-order chi connectivity index (χ1) is 9.13. The fourth-order valence-electron chi connectivity index (χ4n) is 1.70. The molecule has 0 fully saturated rings. The van der Waals surface area contributed by atoms with Gasteiger partial charge in [-0.05, 0) is 24.6 Å². The van der Waals surface area contributed by atoms with Crippen molar-refractivity contribution in [1.82, 2.24) is 5.32 Å². The molecule has 0 aliphatic carbocycles. The second kappa shape index (κ2) is 5.42. The van der Waals surface area contributed by atoms with Gasteiger partial charge in [-0.3, -0.25) is 4.79 Å². The van der Waals surface area contributed by atoms with E-state index in [1.807, 2.05) is 0 Å². The van der Waals surface area contributed by atoms with Gasteiger partial charge < -0.3 is 5.32 Å². The molecular formula is C14H11FN2O2. The maximum atomic E-state index is 13.4. The minimum atomic E-state index is -0.501. The standard InChI is InChI=1S/C14H11FN2O2/c1-9-11(5-2-6-12(9)15)14(19)17-13-10(8-18)4-3-7-16-13/h2-3,5-7H,4H2,1H3,(H,16,17,19). The van der Waals surface area contributed by atoms with E-state index in [4.69, 9.17) is 0 Å². The molecule has 1 N–H and O–H groups in total. The summed E-state index contributed by atoms with van der Waals surface area (Å²) in [5.41, 5.74) is 0.732. The van der Waals surface area contributed by atoms with Crippen LogP contribution in [0.1, 0.15) is 22.3 Å². The van der Waals surface area contributed by atoms with Crippen LogP contribution in [0.2, 0.25) is 0 Å². The summed E-state index contributed by atoms with van der Waals surface area (Å²) in [6, 6.07) is 4.25. The normalized spacial score (nSPS) is 13.8. The molecule has 5 heteroatoms. The summed E-state index contributed by atoms with van der Waals surface area (Å²) in [5.74, 6) is 0.936. The Morgan fingerprint density at radius 2 is 2.26 bits per heavy atom. The van der Waals surface area contributed by atoms with Crippen LogP contribution in [-0.4, -0.2) is 17.7 Å². The van der Waals surface area contributed by atoms with Crippen LogP contribution in [0.4, 0.5) is 4.39 Å². The SMILES string of the molecule is Cc1c(F)cccc1C(=O)NC1=NC=CCC1=C=O. The lowest BCUT2D eigenvalue weighted by Crippen LogP contribution is -2.33. The molecule has 0 bridgehead atoms. The second-order valence-electron chi connectivity index (χ2n) is 4.01. The van der Waals surface area contributed by atoms with Gasteiger partial charge in [0.25, 0.3) is 5.91 Å². The van der Waals surface area contributed by atoms with E-state index in [-0.39, 0.29) is 22.5 Å². The maximum absolute atomic E-state index is 13.4. The van der Waals surface area contributed by atoms with E-state index in [9.17, 15) is 14.0 Å². The smallest absolute Gasteiger partial charge is 0.257 e. The molecular weight excluding hydrogens is 247 g/mol. The molecule has 0 spiro atoms. The first kappa shape index (κ1) is 12.9. The van der Waals surface area contributed by atoms with Gasteiger partial charge in [0, 0.05) is 18.2 Å². The first-order valence-electron chi connectivity index (χ1n) is 5.67. The molecule has 96 valence electrons. The highest BCUT2D eigenvalue weighted by Gasteiger charge is 2.17. The van der Waals surface area contributed by atoms with E-state index in [2.05, 4.69) is 10.3 Å². The van der Waals surface area contributed by atoms with Crippen molar-refractivity contribution >= 4 is 17.7 Å². The van der Waals surface area contributed by atoms with Gasteiger partial charge in [-0.15, -0.1) is 0 Å². The predicted octanol–water partition coefficient (Wildman–Crippen LogP) is 1.94. The van der Waals surface area contributed by atoms with Crippen molar-refractivity contribution in [3.63, 3.8) is 0 Å². The van der Waals surface area contributed by atoms with Crippen LogP contribution in [0.15, 0.2) is 41.0 Å².